The van der Waals surface area contributed by atoms with Crippen molar-refractivity contribution >= 4 is 11.6 Å². The molecule has 1 N–H and O–H groups in total. The van der Waals surface area contributed by atoms with Crippen molar-refractivity contribution in [2.75, 3.05) is 0 Å². The van der Waals surface area contributed by atoms with Gasteiger partial charge in [0.25, 0.3) is 0 Å². The number of nitrogens with one attached hydrogen (secondary N) is 1. The van der Waals surface area contributed by atoms with Gasteiger partial charge in [-0.05, 0) is 25.0 Å². The van der Waals surface area contributed by atoms with Crippen molar-refractivity contribution in [1.29, 1.82) is 0 Å². The summed E-state index contributed by atoms with van der Waals surface area (Å²) in [5, 5.41) is 0.376. The number of H-pyrrole nitrogens is 1. The summed E-state index contributed by atoms with van der Waals surface area (Å²) in [7, 11) is 0. The minimum absolute atomic E-state index is 0.314. The van der Waals surface area contributed by atoms with Crippen LogP contribution in [0.1, 0.15) is 17.8 Å². The molecule has 6 heteroatoms. The standard InChI is InChI=1S/C16H16ClFN4/c1-11-4-5-12(17)14(15(11)18)16-21-8-10-22(16)9-2-3-13-19-6-7-20-13/h4-8,10H,2-3,9H2,1H3,(H,19,20). The van der Waals surface area contributed by atoms with E-state index in [-0.39, 0.29) is 5.82 Å². The minimum Gasteiger partial charge on any atom is -0.349 e. The van der Waals surface area contributed by atoms with Crippen molar-refractivity contribution in [2.45, 2.75) is 26.3 Å². The molecule has 114 valence electrons. The number of aromatic amines is 1. The van der Waals surface area contributed by atoms with E-state index in [1.54, 1.807) is 37.6 Å². The third-order valence-corrected chi connectivity index (χ3v) is 3.91. The predicted octanol–water partition coefficient (Wildman–Crippen LogP) is 4.01. The Balaban J connectivity index is 1.82. The topological polar surface area (TPSA) is 46.5 Å². The zero-order chi connectivity index (χ0) is 15.5. The molecule has 0 aliphatic rings. The maximum Gasteiger partial charge on any atom is 0.144 e. The molecule has 0 aliphatic heterocycles. The number of benzene rings is 1. The Morgan fingerprint density at radius 1 is 1.27 bits per heavy atom. The average molecular weight is 319 g/mol. The van der Waals surface area contributed by atoms with E-state index in [2.05, 4.69) is 15.0 Å². The molecule has 0 atom stereocenters. The van der Waals surface area contributed by atoms with E-state index in [0.29, 0.717) is 22.0 Å². The van der Waals surface area contributed by atoms with Crippen LogP contribution in [0.15, 0.2) is 36.9 Å². The van der Waals surface area contributed by atoms with E-state index in [0.717, 1.165) is 25.2 Å². The van der Waals surface area contributed by atoms with Crippen LogP contribution in [0.5, 0.6) is 0 Å². The van der Waals surface area contributed by atoms with Gasteiger partial charge < -0.3 is 9.55 Å². The molecule has 0 spiro atoms. The number of aromatic nitrogens is 4. The molecule has 2 heterocycles. The molecule has 0 unspecified atom stereocenters. The number of aryl methyl sites for hydroxylation is 3. The Morgan fingerprint density at radius 2 is 2.14 bits per heavy atom. The van der Waals surface area contributed by atoms with Crippen molar-refractivity contribution in [3.05, 3.63) is 59.1 Å². The van der Waals surface area contributed by atoms with E-state index in [1.165, 1.54) is 0 Å². The van der Waals surface area contributed by atoms with Gasteiger partial charge >= 0.3 is 0 Å². The molecule has 22 heavy (non-hydrogen) atoms. The molecule has 2 aromatic heterocycles. The highest BCUT2D eigenvalue weighted by molar-refractivity contribution is 6.33. The van der Waals surface area contributed by atoms with Crippen LogP contribution in [0.2, 0.25) is 5.02 Å². The number of hydrogen-bond donors (Lipinski definition) is 1. The summed E-state index contributed by atoms with van der Waals surface area (Å²) in [6.45, 7) is 2.44. The summed E-state index contributed by atoms with van der Waals surface area (Å²) in [5.74, 6) is 1.19. The molecule has 0 saturated carbocycles. The van der Waals surface area contributed by atoms with Gasteiger partial charge in [0, 0.05) is 37.8 Å². The molecule has 0 radical (unpaired) electrons. The lowest BCUT2D eigenvalue weighted by atomic mass is 10.1. The summed E-state index contributed by atoms with van der Waals surface area (Å²) in [5.41, 5.74) is 0.925. The van der Waals surface area contributed by atoms with Crippen LogP contribution in [0, 0.1) is 12.7 Å². The summed E-state index contributed by atoms with van der Waals surface area (Å²) in [4.78, 5) is 11.5. The third-order valence-electron chi connectivity index (χ3n) is 3.59. The van der Waals surface area contributed by atoms with E-state index < -0.39 is 0 Å². The highest BCUT2D eigenvalue weighted by Gasteiger charge is 2.16. The Kier molecular flexibility index (Phi) is 4.24. The van der Waals surface area contributed by atoms with E-state index in [9.17, 15) is 4.39 Å². The fraction of sp³-hybridized carbons (Fsp3) is 0.250. The van der Waals surface area contributed by atoms with Crippen molar-refractivity contribution in [3.8, 4) is 11.4 Å². The first-order valence-electron chi connectivity index (χ1n) is 7.11. The second kappa shape index (κ2) is 6.32. The first kappa shape index (κ1) is 14.8. The van der Waals surface area contributed by atoms with Crippen LogP contribution in [0.4, 0.5) is 4.39 Å². The lowest BCUT2D eigenvalue weighted by Crippen LogP contribution is -2.04. The van der Waals surface area contributed by atoms with E-state index in [4.69, 9.17) is 11.6 Å². The first-order chi connectivity index (χ1) is 10.7. The van der Waals surface area contributed by atoms with Gasteiger partial charge in [0.15, 0.2) is 0 Å². The van der Waals surface area contributed by atoms with Crippen LogP contribution < -0.4 is 0 Å². The Hall–Kier alpha value is -2.14. The van der Waals surface area contributed by atoms with Gasteiger partial charge in [-0.2, -0.15) is 0 Å². The predicted molar refractivity (Wildman–Crippen MR) is 84.3 cm³/mol. The molecule has 0 aliphatic carbocycles. The Labute approximate surface area is 133 Å². The van der Waals surface area contributed by atoms with Gasteiger partial charge in [0.1, 0.15) is 17.5 Å². The fourth-order valence-electron chi connectivity index (χ4n) is 2.43. The monoisotopic (exact) mass is 318 g/mol. The van der Waals surface area contributed by atoms with Crippen molar-refractivity contribution < 1.29 is 4.39 Å². The van der Waals surface area contributed by atoms with Crippen molar-refractivity contribution in [1.82, 2.24) is 19.5 Å². The van der Waals surface area contributed by atoms with Crippen LogP contribution in [0.3, 0.4) is 0 Å². The summed E-state index contributed by atoms with van der Waals surface area (Å²) in [6.07, 6.45) is 8.76. The number of imidazole rings is 2. The SMILES string of the molecule is Cc1ccc(Cl)c(-c2nccn2CCCc2ncc[nH]2)c1F. The normalized spacial score (nSPS) is 11.0. The van der Waals surface area contributed by atoms with Crippen LogP contribution >= 0.6 is 11.6 Å². The molecule has 0 fully saturated rings. The zero-order valence-corrected chi connectivity index (χ0v) is 12.9. The molecule has 3 aromatic rings. The molecular weight excluding hydrogens is 303 g/mol. The first-order valence-corrected chi connectivity index (χ1v) is 7.49. The molecule has 0 saturated heterocycles. The largest absolute Gasteiger partial charge is 0.349 e. The van der Waals surface area contributed by atoms with Gasteiger partial charge in [-0.15, -0.1) is 0 Å². The van der Waals surface area contributed by atoms with Crippen LogP contribution in [-0.4, -0.2) is 19.5 Å². The smallest absolute Gasteiger partial charge is 0.144 e. The number of halogens is 2. The highest BCUT2D eigenvalue weighted by atomic mass is 35.5. The second-order valence-corrected chi connectivity index (χ2v) is 5.54. The highest BCUT2D eigenvalue weighted by Crippen LogP contribution is 2.31. The van der Waals surface area contributed by atoms with Gasteiger partial charge in [0.2, 0.25) is 0 Å². The summed E-state index contributed by atoms with van der Waals surface area (Å²) in [6, 6.07) is 3.38. The zero-order valence-electron chi connectivity index (χ0n) is 12.2. The molecular formula is C16H16ClFN4. The van der Waals surface area contributed by atoms with Crippen LogP contribution in [-0.2, 0) is 13.0 Å². The molecule has 0 bridgehead atoms. The molecule has 0 amide bonds. The number of hydrogen-bond acceptors (Lipinski definition) is 2. The van der Waals surface area contributed by atoms with Crippen molar-refractivity contribution in [2.24, 2.45) is 0 Å². The molecule has 1 aromatic carbocycles. The van der Waals surface area contributed by atoms with Gasteiger partial charge in [-0.25, -0.2) is 14.4 Å². The summed E-state index contributed by atoms with van der Waals surface area (Å²) >= 11 is 6.17. The summed E-state index contributed by atoms with van der Waals surface area (Å²) < 4.78 is 16.3. The Morgan fingerprint density at radius 3 is 2.91 bits per heavy atom. The number of rotatable bonds is 5. The second-order valence-electron chi connectivity index (χ2n) is 5.14. The number of nitrogens with zero attached hydrogens (tertiary/aromatic N) is 3. The maximum atomic E-state index is 14.4. The Bertz CT molecular complexity index is 765. The van der Waals surface area contributed by atoms with Gasteiger partial charge in [-0.3, -0.25) is 0 Å². The fourth-order valence-corrected chi connectivity index (χ4v) is 2.66. The molecule has 3 rings (SSSR count). The van der Waals surface area contributed by atoms with E-state index >= 15 is 0 Å². The lowest BCUT2D eigenvalue weighted by Gasteiger charge is -2.11. The quantitative estimate of drug-likeness (QED) is 0.772. The maximum absolute atomic E-state index is 14.4. The molecule has 4 nitrogen and oxygen atoms in total. The minimum atomic E-state index is -0.314. The van der Waals surface area contributed by atoms with Crippen LogP contribution in [0.25, 0.3) is 11.4 Å². The van der Waals surface area contributed by atoms with E-state index in [1.807, 2.05) is 10.8 Å². The van der Waals surface area contributed by atoms with Crippen molar-refractivity contribution in [3.63, 3.8) is 0 Å². The lowest BCUT2D eigenvalue weighted by molar-refractivity contribution is 0.609. The average Bonchev–Trinajstić information content (AvgIpc) is 3.16. The van der Waals surface area contributed by atoms with Gasteiger partial charge in [0.05, 0.1) is 10.6 Å². The van der Waals surface area contributed by atoms with Gasteiger partial charge in [-0.1, -0.05) is 17.7 Å². The third kappa shape index (κ3) is 2.90.